The topological polar surface area (TPSA) is 78.8 Å². The number of nitrogens with zero attached hydrogens (tertiary/aromatic N) is 3. The fourth-order valence-corrected chi connectivity index (χ4v) is 1.06. The number of aromatic hydroxyl groups is 1. The molecular formula is C8H16N4O2. The summed E-state index contributed by atoms with van der Waals surface area (Å²) in [6.45, 7) is 1.63. The Balaban J connectivity index is 2.32. The van der Waals surface area contributed by atoms with E-state index in [9.17, 15) is 0 Å². The van der Waals surface area contributed by atoms with E-state index in [0.29, 0.717) is 12.4 Å². The van der Waals surface area contributed by atoms with Crippen LogP contribution in [0.4, 0.5) is 5.82 Å². The van der Waals surface area contributed by atoms with E-state index < -0.39 is 0 Å². The zero-order chi connectivity index (χ0) is 10.6. The van der Waals surface area contributed by atoms with Crippen molar-refractivity contribution in [3.63, 3.8) is 0 Å². The van der Waals surface area contributed by atoms with Crippen LogP contribution in [0, 0.1) is 0 Å². The Kier molecular flexibility index (Phi) is 3.73. The fraction of sp³-hybridized carbons (Fsp3) is 0.625. The number of hydrogen-bond donors (Lipinski definition) is 2. The van der Waals surface area contributed by atoms with E-state index in [2.05, 4.69) is 14.6 Å². The third-order valence-electron chi connectivity index (χ3n) is 1.78. The van der Waals surface area contributed by atoms with Gasteiger partial charge >= 0.3 is 5.95 Å². The van der Waals surface area contributed by atoms with Crippen LogP contribution in [0.25, 0.3) is 0 Å². The Morgan fingerprint density at radius 1 is 1.50 bits per heavy atom. The number of hydrazine groups is 1. The molecule has 3 N–H and O–H groups in total. The minimum atomic E-state index is -0.219. The van der Waals surface area contributed by atoms with Crippen molar-refractivity contribution in [3.05, 3.63) is 6.07 Å². The van der Waals surface area contributed by atoms with Gasteiger partial charge in [0.2, 0.25) is 0 Å². The van der Waals surface area contributed by atoms with E-state index in [0.717, 1.165) is 13.0 Å². The average molecular weight is 200 g/mol. The zero-order valence-corrected chi connectivity index (χ0v) is 8.47. The molecule has 1 rings (SSSR count). The first-order chi connectivity index (χ1) is 6.59. The summed E-state index contributed by atoms with van der Waals surface area (Å²) >= 11 is 0. The van der Waals surface area contributed by atoms with E-state index in [4.69, 9.17) is 10.9 Å². The predicted octanol–water partition coefficient (Wildman–Crippen LogP) is 0.0120. The van der Waals surface area contributed by atoms with Gasteiger partial charge in [0.1, 0.15) is 0 Å². The molecule has 0 bridgehead atoms. The highest BCUT2D eigenvalue weighted by Crippen LogP contribution is 2.16. The molecule has 6 nitrogen and oxygen atoms in total. The van der Waals surface area contributed by atoms with E-state index in [-0.39, 0.29) is 5.95 Å². The largest absolute Gasteiger partial charge is 0.479 e. The molecule has 0 aliphatic heterocycles. The van der Waals surface area contributed by atoms with Gasteiger partial charge in [-0.15, -0.1) is 0 Å². The molecule has 0 aliphatic rings. The van der Waals surface area contributed by atoms with Gasteiger partial charge in [0.05, 0.1) is 6.07 Å². The maximum absolute atomic E-state index is 8.90. The van der Waals surface area contributed by atoms with Crippen LogP contribution in [0.15, 0.2) is 10.6 Å². The van der Waals surface area contributed by atoms with Crippen molar-refractivity contribution in [3.8, 4) is 5.95 Å². The second-order valence-electron chi connectivity index (χ2n) is 3.37. The average Bonchev–Trinajstić information content (AvgIpc) is 2.51. The van der Waals surface area contributed by atoms with Crippen LogP contribution in [0.3, 0.4) is 0 Å². The molecule has 1 aromatic heterocycles. The number of anilines is 1. The van der Waals surface area contributed by atoms with Gasteiger partial charge in [-0.05, 0) is 27.1 Å². The molecule has 0 unspecified atom stereocenters. The number of aromatic nitrogens is 1. The van der Waals surface area contributed by atoms with Crippen LogP contribution >= 0.6 is 0 Å². The fourth-order valence-electron chi connectivity index (χ4n) is 1.06. The summed E-state index contributed by atoms with van der Waals surface area (Å²) in [6, 6.07) is 1.38. The van der Waals surface area contributed by atoms with Crippen molar-refractivity contribution in [2.45, 2.75) is 6.42 Å². The maximum atomic E-state index is 8.90. The molecule has 0 fully saturated rings. The highest BCUT2D eigenvalue weighted by atomic mass is 16.5. The van der Waals surface area contributed by atoms with Gasteiger partial charge in [-0.25, -0.2) is 5.84 Å². The van der Waals surface area contributed by atoms with E-state index in [1.165, 1.54) is 11.1 Å². The highest BCUT2D eigenvalue weighted by molar-refractivity contribution is 5.37. The third kappa shape index (κ3) is 3.23. The minimum Gasteiger partial charge on any atom is -0.479 e. The van der Waals surface area contributed by atoms with Crippen molar-refractivity contribution in [2.24, 2.45) is 5.84 Å². The molecule has 80 valence electrons. The zero-order valence-electron chi connectivity index (χ0n) is 8.47. The second-order valence-corrected chi connectivity index (χ2v) is 3.37. The van der Waals surface area contributed by atoms with Gasteiger partial charge in [-0.2, -0.15) is 0 Å². The lowest BCUT2D eigenvalue weighted by Crippen LogP contribution is -2.33. The molecule has 0 atom stereocenters. The Labute approximate surface area is 82.8 Å². The predicted molar refractivity (Wildman–Crippen MR) is 52.9 cm³/mol. The monoisotopic (exact) mass is 200 g/mol. The Bertz CT molecular complexity index is 274. The molecule has 0 amide bonds. The van der Waals surface area contributed by atoms with Crippen molar-refractivity contribution in [1.29, 1.82) is 0 Å². The van der Waals surface area contributed by atoms with Gasteiger partial charge in [0, 0.05) is 6.54 Å². The summed E-state index contributed by atoms with van der Waals surface area (Å²) in [5.41, 5.74) is 0. The maximum Gasteiger partial charge on any atom is 0.310 e. The van der Waals surface area contributed by atoms with Crippen LogP contribution in [0.1, 0.15) is 6.42 Å². The van der Waals surface area contributed by atoms with Crippen molar-refractivity contribution in [2.75, 3.05) is 32.2 Å². The molecule has 0 saturated carbocycles. The van der Waals surface area contributed by atoms with Gasteiger partial charge in [-0.3, -0.25) is 5.01 Å². The van der Waals surface area contributed by atoms with Crippen LogP contribution < -0.4 is 10.9 Å². The normalized spacial score (nSPS) is 10.9. The van der Waals surface area contributed by atoms with Crippen LogP contribution in [0.5, 0.6) is 5.95 Å². The summed E-state index contributed by atoms with van der Waals surface area (Å²) in [7, 11) is 4.01. The minimum absolute atomic E-state index is 0.219. The molecule has 1 aromatic rings. The van der Waals surface area contributed by atoms with E-state index in [1.807, 2.05) is 14.1 Å². The number of hydrogen-bond acceptors (Lipinski definition) is 6. The molecular weight excluding hydrogens is 184 g/mol. The Morgan fingerprint density at radius 2 is 2.21 bits per heavy atom. The third-order valence-corrected chi connectivity index (χ3v) is 1.78. The van der Waals surface area contributed by atoms with Gasteiger partial charge in [0.25, 0.3) is 0 Å². The Hall–Kier alpha value is -1.27. The smallest absolute Gasteiger partial charge is 0.310 e. The lowest BCUT2D eigenvalue weighted by molar-refractivity contribution is 0.278. The van der Waals surface area contributed by atoms with E-state index in [1.54, 1.807) is 0 Å². The van der Waals surface area contributed by atoms with Crippen molar-refractivity contribution < 1.29 is 9.63 Å². The first-order valence-electron chi connectivity index (χ1n) is 4.42. The summed E-state index contributed by atoms with van der Waals surface area (Å²) in [6.07, 6.45) is 0.928. The lowest BCUT2D eigenvalue weighted by atomic mass is 10.4. The summed E-state index contributed by atoms with van der Waals surface area (Å²) in [5, 5.41) is 13.9. The van der Waals surface area contributed by atoms with Gasteiger partial charge in [-0.1, -0.05) is 5.16 Å². The molecule has 6 heteroatoms. The van der Waals surface area contributed by atoms with Crippen LogP contribution in [-0.4, -0.2) is 42.3 Å². The molecule has 0 spiro atoms. The number of rotatable bonds is 5. The quantitative estimate of drug-likeness (QED) is 0.515. The molecule has 0 saturated heterocycles. The molecule has 0 aromatic carbocycles. The summed E-state index contributed by atoms with van der Waals surface area (Å²) < 4.78 is 4.49. The van der Waals surface area contributed by atoms with Crippen molar-refractivity contribution in [1.82, 2.24) is 10.1 Å². The first kappa shape index (κ1) is 10.8. The standard InChI is InChI=1S/C8H16N4O2/c1-11(2)4-3-5-12(9)7-6-8(13)14-10-7/h6,13H,3-5,9H2,1-2H3. The molecule has 1 heterocycles. The van der Waals surface area contributed by atoms with Crippen molar-refractivity contribution >= 4 is 5.82 Å². The van der Waals surface area contributed by atoms with Crippen LogP contribution in [-0.2, 0) is 0 Å². The highest BCUT2D eigenvalue weighted by Gasteiger charge is 2.07. The Morgan fingerprint density at radius 3 is 2.71 bits per heavy atom. The van der Waals surface area contributed by atoms with Crippen LogP contribution in [0.2, 0.25) is 0 Å². The first-order valence-corrected chi connectivity index (χ1v) is 4.42. The van der Waals surface area contributed by atoms with E-state index >= 15 is 0 Å². The van der Waals surface area contributed by atoms with Gasteiger partial charge in [0.15, 0.2) is 5.82 Å². The molecule has 14 heavy (non-hydrogen) atoms. The molecule has 0 aliphatic carbocycles. The SMILES string of the molecule is CN(C)CCCN(N)c1cc(O)on1. The summed E-state index contributed by atoms with van der Waals surface area (Å²) in [4.78, 5) is 2.08. The summed E-state index contributed by atoms with van der Waals surface area (Å²) in [5.74, 6) is 5.90. The second kappa shape index (κ2) is 4.83. The number of nitrogens with two attached hydrogens (primary N) is 1. The lowest BCUT2D eigenvalue weighted by Gasteiger charge is -2.16. The van der Waals surface area contributed by atoms with Gasteiger partial charge < -0.3 is 14.5 Å². The molecule has 0 radical (unpaired) electrons.